The maximum atomic E-state index is 14.7. The normalized spacial score (nSPS) is 15.6. The number of alkyl halides is 2. The van der Waals surface area contributed by atoms with E-state index in [0.717, 1.165) is 28.8 Å². The minimum Gasteiger partial charge on any atom is -0.374 e. The number of rotatable bonds is 7. The van der Waals surface area contributed by atoms with Gasteiger partial charge in [-0.15, -0.1) is 0 Å². The largest absolute Gasteiger partial charge is 0.374 e. The first kappa shape index (κ1) is 36.7. The molecule has 0 radical (unpaired) electrons. The van der Waals surface area contributed by atoms with Gasteiger partial charge in [0.05, 0.1) is 17.9 Å². The van der Waals surface area contributed by atoms with Crippen LogP contribution in [0.1, 0.15) is 52.5 Å². The van der Waals surface area contributed by atoms with Crippen LogP contribution in [0.3, 0.4) is 0 Å². The number of piperidine rings is 1. The molecule has 55 heavy (non-hydrogen) atoms. The number of benzene rings is 3. The molecule has 1 fully saturated rings. The van der Waals surface area contributed by atoms with Crippen LogP contribution in [0.2, 0.25) is 0 Å². The minimum atomic E-state index is -3.12. The lowest BCUT2D eigenvalue weighted by Crippen LogP contribution is -2.47. The number of nitrogens with zero attached hydrogens (tertiary/aromatic N) is 4. The van der Waals surface area contributed by atoms with Gasteiger partial charge in [-0.05, 0) is 77.9 Å². The average molecular weight is 742 g/mol. The Hall–Kier alpha value is -6.68. The van der Waals surface area contributed by atoms with Gasteiger partial charge in [-0.2, -0.15) is 0 Å². The van der Waals surface area contributed by atoms with Crippen LogP contribution >= 0.6 is 0 Å². The number of aromatic nitrogens is 2. The third-order valence-electron chi connectivity index (χ3n) is 9.76. The Labute approximate surface area is 316 Å². The number of amides is 5. The monoisotopic (exact) mass is 741 g/mol. The highest BCUT2D eigenvalue weighted by Gasteiger charge is 2.33. The van der Waals surface area contributed by atoms with E-state index in [9.17, 15) is 28.0 Å². The Balaban J connectivity index is 1.07. The molecule has 5 amide bonds. The van der Waals surface area contributed by atoms with Crippen molar-refractivity contribution in [1.29, 1.82) is 0 Å². The summed E-state index contributed by atoms with van der Waals surface area (Å²) in [6.07, 6.45) is 3.97. The zero-order valence-electron chi connectivity index (χ0n) is 30.6. The summed E-state index contributed by atoms with van der Waals surface area (Å²) in [6.45, 7) is 2.98. The number of nitrogens with one attached hydrogen (secondary N) is 3. The van der Waals surface area contributed by atoms with Crippen molar-refractivity contribution in [3.05, 3.63) is 107 Å². The number of anilines is 2. The van der Waals surface area contributed by atoms with Gasteiger partial charge in [0, 0.05) is 79.7 Å². The molecule has 2 aliphatic heterocycles. The van der Waals surface area contributed by atoms with Crippen LogP contribution in [0.5, 0.6) is 0 Å². The average Bonchev–Trinajstić information content (AvgIpc) is 3.15. The first-order valence-corrected chi connectivity index (χ1v) is 17.6. The lowest BCUT2D eigenvalue weighted by Gasteiger charge is -2.35. The zero-order valence-corrected chi connectivity index (χ0v) is 30.6. The predicted molar refractivity (Wildman–Crippen MR) is 205 cm³/mol. The van der Waals surface area contributed by atoms with Crippen molar-refractivity contribution >= 4 is 45.9 Å². The van der Waals surface area contributed by atoms with Crippen LogP contribution in [0.15, 0.2) is 79.1 Å². The molecule has 0 spiro atoms. The van der Waals surface area contributed by atoms with Crippen molar-refractivity contribution in [2.45, 2.75) is 45.2 Å². The van der Waals surface area contributed by atoms with Crippen LogP contribution in [-0.2, 0) is 22.1 Å². The number of hydrogen-bond acceptors (Lipinski definition) is 7. The van der Waals surface area contributed by atoms with E-state index in [0.29, 0.717) is 45.7 Å². The molecular formula is C42H37F2N7O4. The molecule has 0 bridgehead atoms. The van der Waals surface area contributed by atoms with Gasteiger partial charge in [0.15, 0.2) is 0 Å². The number of pyridine rings is 2. The molecule has 1 atom stereocenters. The lowest BCUT2D eigenvalue weighted by atomic mass is 9.90. The van der Waals surface area contributed by atoms with Crippen molar-refractivity contribution < 1.29 is 28.0 Å². The van der Waals surface area contributed by atoms with Gasteiger partial charge in [0.2, 0.25) is 11.8 Å². The van der Waals surface area contributed by atoms with E-state index in [1.807, 2.05) is 42.5 Å². The molecule has 0 saturated carbocycles. The molecule has 7 rings (SSSR count). The topological polar surface area (TPSA) is 137 Å². The standard InChI is InChI=1S/C42H37F2N7O4/c1-24-16-27(21-47-38(24)40(54)45-15-7-9-25-8-5-11-29(17-25)48-34-13-14-37(52)49-39(34)53)35-18-26-10-6-12-30(32(26)22-46-35)31-19-28(42(2,43)44)20-36-33(31)23-50(3)41(55)51(36)4/h5-6,8,10-12,16-22,34,48H,13-15,23H2,1-4H3,(H,45,54)(H,49,52,53). The summed E-state index contributed by atoms with van der Waals surface area (Å²) in [7, 11) is 3.27. The van der Waals surface area contributed by atoms with Gasteiger partial charge >= 0.3 is 6.03 Å². The summed E-state index contributed by atoms with van der Waals surface area (Å²) >= 11 is 0. The summed E-state index contributed by atoms with van der Waals surface area (Å²) in [6, 6.07) is 18.7. The van der Waals surface area contributed by atoms with Gasteiger partial charge in [-0.1, -0.05) is 36.1 Å². The Bertz CT molecular complexity index is 2470. The van der Waals surface area contributed by atoms with Crippen LogP contribution in [0, 0.1) is 18.8 Å². The molecule has 1 saturated heterocycles. The van der Waals surface area contributed by atoms with Crippen LogP contribution < -0.4 is 20.9 Å². The second-order valence-corrected chi connectivity index (χ2v) is 13.8. The van der Waals surface area contributed by atoms with Gasteiger partial charge in [0.25, 0.3) is 11.8 Å². The van der Waals surface area contributed by atoms with Crippen molar-refractivity contribution in [3.8, 4) is 34.2 Å². The Morgan fingerprint density at radius 3 is 2.56 bits per heavy atom. The summed E-state index contributed by atoms with van der Waals surface area (Å²) in [5.74, 6) is 1.81. The number of carbonyl (C=O) groups excluding carboxylic acids is 4. The molecule has 3 N–H and O–H groups in total. The van der Waals surface area contributed by atoms with E-state index >= 15 is 0 Å². The maximum Gasteiger partial charge on any atom is 0.324 e. The number of fused-ring (bicyclic) bond motifs is 2. The molecule has 11 nitrogen and oxygen atoms in total. The molecule has 2 aromatic heterocycles. The molecule has 278 valence electrons. The van der Waals surface area contributed by atoms with Gasteiger partial charge in [-0.25, -0.2) is 13.6 Å². The molecule has 1 unspecified atom stereocenters. The number of imide groups is 1. The smallest absolute Gasteiger partial charge is 0.324 e. The fraction of sp³-hybridized carbons (Fsp3) is 0.238. The van der Waals surface area contributed by atoms with E-state index in [1.165, 1.54) is 17.0 Å². The van der Waals surface area contributed by atoms with Crippen LogP contribution in [-0.4, -0.2) is 65.3 Å². The third kappa shape index (κ3) is 7.57. The molecular weight excluding hydrogens is 705 g/mol. The zero-order chi connectivity index (χ0) is 39.0. The molecule has 13 heteroatoms. The Morgan fingerprint density at radius 1 is 1.00 bits per heavy atom. The Kier molecular flexibility index (Phi) is 9.75. The van der Waals surface area contributed by atoms with Crippen LogP contribution in [0.4, 0.5) is 25.0 Å². The summed E-state index contributed by atoms with van der Waals surface area (Å²) in [5.41, 5.74) is 5.93. The molecule has 0 aliphatic carbocycles. The summed E-state index contributed by atoms with van der Waals surface area (Å²) in [4.78, 5) is 61.4. The molecule has 5 aromatic rings. The van der Waals surface area contributed by atoms with E-state index in [1.54, 1.807) is 50.4 Å². The van der Waals surface area contributed by atoms with Crippen LogP contribution in [0.25, 0.3) is 33.2 Å². The highest BCUT2D eigenvalue weighted by Crippen LogP contribution is 2.42. The highest BCUT2D eigenvalue weighted by molar-refractivity contribution is 6.03. The second-order valence-electron chi connectivity index (χ2n) is 13.8. The number of carbonyl (C=O) groups is 4. The SMILES string of the molecule is Cc1cc(-c2cc3cccc(-c4cc(C(C)(F)F)cc5c4CN(C)C(=O)N5C)c3cn2)cnc1C(=O)NCC#Cc1cccc(NC2CCC(=O)NC2=O)c1. The molecule has 3 aromatic carbocycles. The molecule has 4 heterocycles. The van der Waals surface area contributed by atoms with Gasteiger partial charge < -0.3 is 15.5 Å². The maximum absolute atomic E-state index is 14.7. The minimum absolute atomic E-state index is 0.0754. The quantitative estimate of drug-likeness (QED) is 0.130. The fourth-order valence-corrected chi connectivity index (χ4v) is 6.87. The van der Waals surface area contributed by atoms with E-state index in [2.05, 4.69) is 32.8 Å². The van der Waals surface area contributed by atoms with Gasteiger partial charge in [-0.3, -0.25) is 34.6 Å². The van der Waals surface area contributed by atoms with Crippen molar-refractivity contribution in [2.75, 3.05) is 30.9 Å². The van der Waals surface area contributed by atoms with E-state index < -0.39 is 12.0 Å². The lowest BCUT2D eigenvalue weighted by molar-refractivity contribution is -0.133. The van der Waals surface area contributed by atoms with Gasteiger partial charge in [0.1, 0.15) is 11.7 Å². The van der Waals surface area contributed by atoms with E-state index in [4.69, 9.17) is 4.98 Å². The first-order chi connectivity index (χ1) is 26.3. The number of aryl methyl sites for hydroxylation is 1. The Morgan fingerprint density at radius 2 is 1.80 bits per heavy atom. The van der Waals surface area contributed by atoms with Crippen molar-refractivity contribution in [2.24, 2.45) is 0 Å². The predicted octanol–water partition coefficient (Wildman–Crippen LogP) is 6.38. The number of hydrogen-bond donors (Lipinski definition) is 3. The van der Waals surface area contributed by atoms with Crippen molar-refractivity contribution in [3.63, 3.8) is 0 Å². The summed E-state index contributed by atoms with van der Waals surface area (Å²) in [5, 5.41) is 9.83. The van der Waals surface area contributed by atoms with Crippen molar-refractivity contribution in [1.82, 2.24) is 25.5 Å². The van der Waals surface area contributed by atoms with E-state index in [-0.39, 0.29) is 54.5 Å². The third-order valence-corrected chi connectivity index (χ3v) is 9.76. The fourth-order valence-electron chi connectivity index (χ4n) is 6.87. The number of urea groups is 1. The second kappa shape index (κ2) is 14.6. The summed E-state index contributed by atoms with van der Waals surface area (Å²) < 4.78 is 29.5. The number of halogens is 2. The molecule has 2 aliphatic rings. The first-order valence-electron chi connectivity index (χ1n) is 17.6. The highest BCUT2D eigenvalue weighted by atomic mass is 19.3.